The zero-order valence-electron chi connectivity index (χ0n) is 13.2. The maximum absolute atomic E-state index is 3.45. The van der Waals surface area contributed by atoms with Gasteiger partial charge in [-0.1, -0.05) is 20.8 Å². The van der Waals surface area contributed by atoms with Gasteiger partial charge in [-0.3, -0.25) is 0 Å². The molecular formula is C16H33N3. The highest BCUT2D eigenvalue weighted by molar-refractivity contribution is 4.99. The third kappa shape index (κ3) is 3.71. The summed E-state index contributed by atoms with van der Waals surface area (Å²) in [5, 5.41) is 3.45. The molecule has 0 aromatic heterocycles. The van der Waals surface area contributed by atoms with Gasteiger partial charge in [0.2, 0.25) is 0 Å². The van der Waals surface area contributed by atoms with E-state index in [1.165, 1.54) is 71.6 Å². The molecule has 0 saturated carbocycles. The Balaban J connectivity index is 0.000000637. The standard InChI is InChI=1S/C14H27N3.C2H6/c1-2-16-6-3-13(4-7-16)9-17-8-5-14(12-17)10-15-11-14;1-2/h13,15H,2-12H2,1H3;1-2H3. The van der Waals surface area contributed by atoms with E-state index < -0.39 is 0 Å². The van der Waals surface area contributed by atoms with Gasteiger partial charge in [-0.25, -0.2) is 0 Å². The Hall–Kier alpha value is -0.120. The molecular weight excluding hydrogens is 234 g/mol. The van der Waals surface area contributed by atoms with Gasteiger partial charge in [-0.15, -0.1) is 0 Å². The van der Waals surface area contributed by atoms with Gasteiger partial charge < -0.3 is 15.1 Å². The zero-order valence-corrected chi connectivity index (χ0v) is 13.2. The molecule has 1 spiro atoms. The third-order valence-corrected chi connectivity index (χ3v) is 5.19. The van der Waals surface area contributed by atoms with Gasteiger partial charge in [0.15, 0.2) is 0 Å². The minimum absolute atomic E-state index is 0.685. The van der Waals surface area contributed by atoms with E-state index in [1.54, 1.807) is 0 Å². The van der Waals surface area contributed by atoms with Gasteiger partial charge >= 0.3 is 0 Å². The fraction of sp³-hybridized carbons (Fsp3) is 1.00. The summed E-state index contributed by atoms with van der Waals surface area (Å²) in [6.45, 7) is 16.8. The molecule has 0 unspecified atom stereocenters. The predicted octanol–water partition coefficient (Wildman–Crippen LogP) is 2.04. The lowest BCUT2D eigenvalue weighted by molar-refractivity contribution is 0.134. The Morgan fingerprint density at radius 1 is 1.05 bits per heavy atom. The summed E-state index contributed by atoms with van der Waals surface area (Å²) in [6, 6.07) is 0. The fourth-order valence-corrected chi connectivity index (χ4v) is 3.80. The van der Waals surface area contributed by atoms with Crippen LogP contribution in [0.4, 0.5) is 0 Å². The second-order valence-corrected chi connectivity index (χ2v) is 6.47. The molecule has 3 fully saturated rings. The molecule has 0 aromatic rings. The van der Waals surface area contributed by atoms with Crippen molar-refractivity contribution < 1.29 is 0 Å². The molecule has 3 nitrogen and oxygen atoms in total. The lowest BCUT2D eigenvalue weighted by Crippen LogP contribution is -2.54. The van der Waals surface area contributed by atoms with Gasteiger partial charge in [0.25, 0.3) is 0 Å². The predicted molar refractivity (Wildman–Crippen MR) is 82.5 cm³/mol. The highest BCUT2D eigenvalue weighted by Gasteiger charge is 2.43. The molecule has 3 rings (SSSR count). The molecule has 3 aliphatic heterocycles. The molecule has 19 heavy (non-hydrogen) atoms. The van der Waals surface area contributed by atoms with Crippen molar-refractivity contribution in [3.05, 3.63) is 0 Å². The van der Waals surface area contributed by atoms with Gasteiger partial charge in [-0.2, -0.15) is 0 Å². The lowest BCUT2D eigenvalue weighted by Gasteiger charge is -2.40. The molecule has 3 heteroatoms. The van der Waals surface area contributed by atoms with Crippen LogP contribution >= 0.6 is 0 Å². The summed E-state index contributed by atoms with van der Waals surface area (Å²) in [7, 11) is 0. The average molecular weight is 267 g/mol. The summed E-state index contributed by atoms with van der Waals surface area (Å²) in [5.74, 6) is 0.973. The van der Waals surface area contributed by atoms with E-state index in [2.05, 4.69) is 22.0 Å². The monoisotopic (exact) mass is 267 g/mol. The Morgan fingerprint density at radius 3 is 2.21 bits per heavy atom. The normalized spacial score (nSPS) is 27.9. The molecule has 3 heterocycles. The Bertz CT molecular complexity index is 255. The molecule has 0 aliphatic carbocycles. The van der Waals surface area contributed by atoms with E-state index in [9.17, 15) is 0 Å². The van der Waals surface area contributed by atoms with Gasteiger partial charge in [0.1, 0.15) is 0 Å². The average Bonchev–Trinajstić information content (AvgIpc) is 2.86. The largest absolute Gasteiger partial charge is 0.315 e. The number of nitrogens with zero attached hydrogens (tertiary/aromatic N) is 2. The first-order valence-corrected chi connectivity index (χ1v) is 8.45. The highest BCUT2D eigenvalue weighted by atomic mass is 15.2. The van der Waals surface area contributed by atoms with Crippen molar-refractivity contribution >= 4 is 0 Å². The summed E-state index contributed by atoms with van der Waals surface area (Å²) in [6.07, 6.45) is 4.29. The fourth-order valence-electron chi connectivity index (χ4n) is 3.80. The molecule has 0 bridgehead atoms. The van der Waals surface area contributed by atoms with Crippen LogP contribution < -0.4 is 5.32 Å². The van der Waals surface area contributed by atoms with Crippen LogP contribution in [-0.4, -0.2) is 62.2 Å². The molecule has 0 aromatic carbocycles. The third-order valence-electron chi connectivity index (χ3n) is 5.19. The van der Waals surface area contributed by atoms with Crippen molar-refractivity contribution in [2.24, 2.45) is 11.3 Å². The van der Waals surface area contributed by atoms with Gasteiger partial charge in [0, 0.05) is 31.6 Å². The molecule has 0 atom stereocenters. The van der Waals surface area contributed by atoms with E-state index in [4.69, 9.17) is 0 Å². The maximum Gasteiger partial charge on any atom is 0.00918 e. The summed E-state index contributed by atoms with van der Waals surface area (Å²) < 4.78 is 0. The van der Waals surface area contributed by atoms with E-state index >= 15 is 0 Å². The van der Waals surface area contributed by atoms with Crippen LogP contribution in [0.1, 0.15) is 40.0 Å². The van der Waals surface area contributed by atoms with Crippen LogP contribution in [0.15, 0.2) is 0 Å². The molecule has 1 N–H and O–H groups in total. The number of piperidine rings is 1. The first-order chi connectivity index (χ1) is 9.30. The molecule has 0 radical (unpaired) electrons. The minimum Gasteiger partial charge on any atom is -0.315 e. The quantitative estimate of drug-likeness (QED) is 0.844. The second-order valence-electron chi connectivity index (χ2n) is 6.47. The number of nitrogens with one attached hydrogen (secondary N) is 1. The highest BCUT2D eigenvalue weighted by Crippen LogP contribution is 2.34. The van der Waals surface area contributed by atoms with Crippen LogP contribution in [0, 0.1) is 11.3 Å². The first kappa shape index (κ1) is 15.3. The minimum atomic E-state index is 0.685. The van der Waals surface area contributed by atoms with Crippen molar-refractivity contribution in [1.29, 1.82) is 0 Å². The van der Waals surface area contributed by atoms with Crippen molar-refractivity contribution in [2.45, 2.75) is 40.0 Å². The van der Waals surface area contributed by atoms with Crippen molar-refractivity contribution in [3.63, 3.8) is 0 Å². The number of hydrogen-bond acceptors (Lipinski definition) is 3. The smallest absolute Gasteiger partial charge is 0.00918 e. The van der Waals surface area contributed by atoms with Crippen molar-refractivity contribution in [3.8, 4) is 0 Å². The van der Waals surface area contributed by atoms with E-state index in [0.29, 0.717) is 5.41 Å². The van der Waals surface area contributed by atoms with Crippen LogP contribution in [0.5, 0.6) is 0 Å². The van der Waals surface area contributed by atoms with E-state index in [1.807, 2.05) is 13.8 Å². The van der Waals surface area contributed by atoms with Crippen molar-refractivity contribution in [2.75, 3.05) is 52.4 Å². The number of likely N-dealkylation sites (tertiary alicyclic amines) is 2. The van der Waals surface area contributed by atoms with E-state index in [-0.39, 0.29) is 0 Å². The molecule has 0 amide bonds. The Morgan fingerprint density at radius 2 is 1.74 bits per heavy atom. The molecule has 112 valence electrons. The SMILES string of the molecule is CC.CCN1CCC(CN2CCC3(CNC3)C2)CC1. The summed E-state index contributed by atoms with van der Waals surface area (Å²) >= 11 is 0. The van der Waals surface area contributed by atoms with E-state index in [0.717, 1.165) is 5.92 Å². The maximum atomic E-state index is 3.45. The van der Waals surface area contributed by atoms with Gasteiger partial charge in [0.05, 0.1) is 0 Å². The zero-order chi connectivity index (χ0) is 13.7. The second kappa shape index (κ2) is 7.05. The van der Waals surface area contributed by atoms with Gasteiger partial charge in [-0.05, 0) is 51.4 Å². The summed E-state index contributed by atoms with van der Waals surface area (Å²) in [5.41, 5.74) is 0.685. The van der Waals surface area contributed by atoms with Crippen molar-refractivity contribution in [1.82, 2.24) is 15.1 Å². The van der Waals surface area contributed by atoms with Crippen LogP contribution in [0.25, 0.3) is 0 Å². The summed E-state index contributed by atoms with van der Waals surface area (Å²) in [4.78, 5) is 5.34. The van der Waals surface area contributed by atoms with Crippen LogP contribution in [0.2, 0.25) is 0 Å². The Labute approximate surface area is 119 Å². The first-order valence-electron chi connectivity index (χ1n) is 8.45. The van der Waals surface area contributed by atoms with Crippen LogP contribution in [-0.2, 0) is 0 Å². The lowest BCUT2D eigenvalue weighted by atomic mass is 9.81. The number of hydrogen-bond donors (Lipinski definition) is 1. The molecule has 3 aliphatic rings. The Kier molecular flexibility index (Phi) is 5.67. The number of rotatable bonds is 3. The van der Waals surface area contributed by atoms with Crippen LogP contribution in [0.3, 0.4) is 0 Å². The molecule has 3 saturated heterocycles. The topological polar surface area (TPSA) is 18.5 Å².